The van der Waals surface area contributed by atoms with Gasteiger partial charge in [-0.1, -0.05) is 12.1 Å². The highest BCUT2D eigenvalue weighted by Gasteiger charge is 2.15. The molecule has 0 aliphatic rings. The van der Waals surface area contributed by atoms with Crippen molar-refractivity contribution in [3.05, 3.63) is 12.3 Å². The number of nitrogens with one attached hydrogen (secondary N) is 1. The Morgan fingerprint density at radius 1 is 1.85 bits per heavy atom. The fraction of sp³-hybridized carbons (Fsp3) is 0.500. The lowest BCUT2D eigenvalue weighted by atomic mass is 10.3. The molecule has 1 unspecified atom stereocenters. The molecule has 1 atom stereocenters. The van der Waals surface area contributed by atoms with Crippen LogP contribution in [0.1, 0.15) is 13.3 Å². The summed E-state index contributed by atoms with van der Waals surface area (Å²) in [5, 5.41) is 6.23. The van der Waals surface area contributed by atoms with E-state index in [-0.39, 0.29) is 11.2 Å². The lowest BCUT2D eigenvalue weighted by Crippen LogP contribution is -2.24. The fourth-order valence-electron chi connectivity index (χ4n) is 0.943. The largest absolute Gasteiger partial charge is 0.363 e. The van der Waals surface area contributed by atoms with Crippen LogP contribution in [0.4, 0.5) is 5.82 Å². The van der Waals surface area contributed by atoms with Gasteiger partial charge in [0.15, 0.2) is 5.82 Å². The van der Waals surface area contributed by atoms with E-state index in [1.807, 2.05) is 13.2 Å². The van der Waals surface area contributed by atoms with Crippen LogP contribution in [0.2, 0.25) is 0 Å². The van der Waals surface area contributed by atoms with Gasteiger partial charge in [0, 0.05) is 6.07 Å². The van der Waals surface area contributed by atoms with Crippen LogP contribution in [0.15, 0.2) is 16.9 Å². The number of thioether (sulfide) groups is 1. The zero-order chi connectivity index (χ0) is 9.68. The molecule has 0 radical (unpaired) electrons. The van der Waals surface area contributed by atoms with E-state index in [2.05, 4.69) is 15.0 Å². The number of amides is 1. The first-order valence-electron chi connectivity index (χ1n) is 4.02. The van der Waals surface area contributed by atoms with E-state index >= 15 is 0 Å². The number of rotatable bonds is 4. The van der Waals surface area contributed by atoms with Crippen LogP contribution in [0, 0.1) is 0 Å². The van der Waals surface area contributed by atoms with Gasteiger partial charge in [-0.2, -0.15) is 11.8 Å². The highest BCUT2D eigenvalue weighted by atomic mass is 32.2. The average Bonchev–Trinajstić information content (AvgIpc) is 2.59. The predicted octanol–water partition coefficient (Wildman–Crippen LogP) is 1.75. The van der Waals surface area contributed by atoms with E-state index < -0.39 is 0 Å². The van der Waals surface area contributed by atoms with Crippen molar-refractivity contribution in [2.24, 2.45) is 0 Å². The average molecular weight is 200 g/mol. The predicted molar refractivity (Wildman–Crippen MR) is 52.7 cm³/mol. The first-order valence-corrected chi connectivity index (χ1v) is 5.30. The summed E-state index contributed by atoms with van der Waals surface area (Å²) in [6, 6.07) is 1.62. The standard InChI is InChI=1S/C8H12N2O2S/c1-3-6(13-2)8(11)9-7-4-5-12-10-7/h4-6H,3H2,1-2H3,(H,9,10,11). The maximum Gasteiger partial charge on any atom is 0.238 e. The van der Waals surface area contributed by atoms with Crippen molar-refractivity contribution in [2.75, 3.05) is 11.6 Å². The van der Waals surface area contributed by atoms with E-state index in [9.17, 15) is 4.79 Å². The molecule has 1 rings (SSSR count). The number of hydrogen-bond acceptors (Lipinski definition) is 4. The van der Waals surface area contributed by atoms with Crippen LogP contribution < -0.4 is 5.32 Å². The van der Waals surface area contributed by atoms with Crippen molar-refractivity contribution < 1.29 is 9.32 Å². The van der Waals surface area contributed by atoms with Crippen molar-refractivity contribution >= 4 is 23.5 Å². The number of hydrogen-bond donors (Lipinski definition) is 1. The zero-order valence-electron chi connectivity index (χ0n) is 7.61. The SMILES string of the molecule is CCC(SC)C(=O)Nc1ccon1. The molecule has 13 heavy (non-hydrogen) atoms. The molecule has 0 fully saturated rings. The minimum Gasteiger partial charge on any atom is -0.363 e. The second-order valence-electron chi connectivity index (χ2n) is 2.51. The molecule has 0 aromatic carbocycles. The Kier molecular flexibility index (Phi) is 3.82. The Bertz CT molecular complexity index is 257. The minimum absolute atomic E-state index is 0.0169. The molecule has 1 aromatic heterocycles. The molecule has 72 valence electrons. The van der Waals surface area contributed by atoms with Gasteiger partial charge in [-0.25, -0.2) is 0 Å². The molecule has 1 heterocycles. The monoisotopic (exact) mass is 200 g/mol. The van der Waals surface area contributed by atoms with Crippen LogP contribution in [-0.2, 0) is 4.79 Å². The molecule has 5 heteroatoms. The van der Waals surface area contributed by atoms with Gasteiger partial charge in [-0.15, -0.1) is 0 Å². The molecule has 1 amide bonds. The van der Waals surface area contributed by atoms with Gasteiger partial charge in [-0.3, -0.25) is 4.79 Å². The lowest BCUT2D eigenvalue weighted by Gasteiger charge is -2.09. The maximum atomic E-state index is 11.5. The Hall–Kier alpha value is -0.970. The van der Waals surface area contributed by atoms with Gasteiger partial charge in [0.05, 0.1) is 5.25 Å². The highest BCUT2D eigenvalue weighted by molar-refractivity contribution is 7.99. The molecule has 0 bridgehead atoms. The van der Waals surface area contributed by atoms with Gasteiger partial charge in [0.2, 0.25) is 5.91 Å². The van der Waals surface area contributed by atoms with Gasteiger partial charge in [0.1, 0.15) is 6.26 Å². The topological polar surface area (TPSA) is 55.1 Å². The van der Waals surface area contributed by atoms with E-state index in [1.54, 1.807) is 6.07 Å². The Balaban J connectivity index is 2.49. The third kappa shape index (κ3) is 2.77. The molecule has 4 nitrogen and oxygen atoms in total. The number of aromatic nitrogens is 1. The summed E-state index contributed by atoms with van der Waals surface area (Å²) in [4.78, 5) is 11.5. The summed E-state index contributed by atoms with van der Waals surface area (Å²) in [5.74, 6) is 0.446. The second kappa shape index (κ2) is 4.91. The van der Waals surface area contributed by atoms with Crippen molar-refractivity contribution in [1.82, 2.24) is 5.16 Å². The van der Waals surface area contributed by atoms with Crippen LogP contribution >= 0.6 is 11.8 Å². The molecular formula is C8H12N2O2S. The summed E-state index contributed by atoms with van der Waals surface area (Å²) < 4.78 is 4.59. The first kappa shape index (κ1) is 10.1. The van der Waals surface area contributed by atoms with E-state index in [0.717, 1.165) is 6.42 Å². The van der Waals surface area contributed by atoms with Gasteiger partial charge in [0.25, 0.3) is 0 Å². The smallest absolute Gasteiger partial charge is 0.238 e. The van der Waals surface area contributed by atoms with Crippen LogP contribution in [0.25, 0.3) is 0 Å². The first-order chi connectivity index (χ1) is 6.27. The summed E-state index contributed by atoms with van der Waals surface area (Å²) in [6.45, 7) is 1.98. The lowest BCUT2D eigenvalue weighted by molar-refractivity contribution is -0.115. The van der Waals surface area contributed by atoms with E-state index in [1.165, 1.54) is 18.0 Å². The Morgan fingerprint density at radius 2 is 2.62 bits per heavy atom. The van der Waals surface area contributed by atoms with Crippen molar-refractivity contribution in [2.45, 2.75) is 18.6 Å². The minimum atomic E-state index is -0.0242. The number of anilines is 1. The third-order valence-electron chi connectivity index (χ3n) is 1.64. The number of nitrogens with zero attached hydrogens (tertiary/aromatic N) is 1. The maximum absolute atomic E-state index is 11.5. The number of carbonyl (C=O) groups excluding carboxylic acids is 1. The summed E-state index contributed by atoms with van der Waals surface area (Å²) >= 11 is 1.53. The zero-order valence-corrected chi connectivity index (χ0v) is 8.43. The van der Waals surface area contributed by atoms with Crippen LogP contribution in [0.5, 0.6) is 0 Å². The van der Waals surface area contributed by atoms with Crippen molar-refractivity contribution in [1.29, 1.82) is 0 Å². The molecule has 0 aliphatic heterocycles. The van der Waals surface area contributed by atoms with Gasteiger partial charge in [-0.05, 0) is 12.7 Å². The van der Waals surface area contributed by atoms with E-state index in [4.69, 9.17) is 0 Å². The van der Waals surface area contributed by atoms with Crippen molar-refractivity contribution in [3.8, 4) is 0 Å². The molecule has 1 aromatic rings. The normalized spacial score (nSPS) is 12.5. The van der Waals surface area contributed by atoms with Crippen molar-refractivity contribution in [3.63, 3.8) is 0 Å². The second-order valence-corrected chi connectivity index (χ2v) is 3.55. The molecule has 0 saturated heterocycles. The molecule has 0 saturated carbocycles. The molecule has 0 aliphatic carbocycles. The third-order valence-corrected chi connectivity index (χ3v) is 2.75. The quantitative estimate of drug-likeness (QED) is 0.804. The number of carbonyl (C=O) groups is 1. The highest BCUT2D eigenvalue weighted by Crippen LogP contribution is 2.13. The van der Waals surface area contributed by atoms with E-state index in [0.29, 0.717) is 5.82 Å². The fourth-order valence-corrected chi connectivity index (χ4v) is 1.55. The Labute approximate surface area is 81.1 Å². The summed E-state index contributed by atoms with van der Waals surface area (Å²) in [5.41, 5.74) is 0. The molecular weight excluding hydrogens is 188 g/mol. The molecule has 0 spiro atoms. The van der Waals surface area contributed by atoms with Crippen LogP contribution in [-0.4, -0.2) is 22.6 Å². The van der Waals surface area contributed by atoms with Crippen LogP contribution in [0.3, 0.4) is 0 Å². The molecule has 1 N–H and O–H groups in total. The Morgan fingerprint density at radius 3 is 3.08 bits per heavy atom. The summed E-state index contributed by atoms with van der Waals surface area (Å²) in [6.07, 6.45) is 4.15. The van der Waals surface area contributed by atoms with Gasteiger partial charge >= 0.3 is 0 Å². The summed E-state index contributed by atoms with van der Waals surface area (Å²) in [7, 11) is 0. The van der Waals surface area contributed by atoms with Gasteiger partial charge < -0.3 is 9.84 Å².